The molecule has 4 aromatic carbocycles. The van der Waals surface area contributed by atoms with Crippen molar-refractivity contribution in [3.05, 3.63) is 131 Å². The minimum Gasteiger partial charge on any atom is -0.207 e. The van der Waals surface area contributed by atoms with E-state index >= 15 is 8.78 Å². The van der Waals surface area contributed by atoms with Crippen molar-refractivity contribution in [3.63, 3.8) is 0 Å². The quantitative estimate of drug-likeness (QED) is 0.171. The summed E-state index contributed by atoms with van der Waals surface area (Å²) in [6.07, 6.45) is 5.10. The highest BCUT2D eigenvalue weighted by Crippen LogP contribution is 2.33. The molecule has 0 bridgehead atoms. The van der Waals surface area contributed by atoms with Crippen LogP contribution in [0.2, 0.25) is 0 Å². The highest BCUT2D eigenvalue weighted by molar-refractivity contribution is 5.72. The van der Waals surface area contributed by atoms with Crippen LogP contribution in [0.1, 0.15) is 42.9 Å². The van der Waals surface area contributed by atoms with Crippen LogP contribution in [0.4, 0.5) is 17.6 Å². The van der Waals surface area contributed by atoms with Crippen molar-refractivity contribution in [1.82, 2.24) is 0 Å². The zero-order valence-electron chi connectivity index (χ0n) is 20.4. The summed E-state index contributed by atoms with van der Waals surface area (Å²) in [7, 11) is 0. The molecule has 0 saturated carbocycles. The molecule has 36 heavy (non-hydrogen) atoms. The van der Waals surface area contributed by atoms with Gasteiger partial charge in [-0.2, -0.15) is 0 Å². The third kappa shape index (κ3) is 5.76. The van der Waals surface area contributed by atoms with Gasteiger partial charge < -0.3 is 0 Å². The molecule has 1 atom stereocenters. The predicted molar refractivity (Wildman–Crippen MR) is 139 cm³/mol. The molecule has 0 radical (unpaired) electrons. The van der Waals surface area contributed by atoms with Gasteiger partial charge in [-0.25, -0.2) is 17.6 Å². The Labute approximate surface area is 209 Å². The molecule has 0 heterocycles. The van der Waals surface area contributed by atoms with Gasteiger partial charge in [-0.1, -0.05) is 73.7 Å². The van der Waals surface area contributed by atoms with Gasteiger partial charge in [0.05, 0.1) is 5.56 Å². The largest absolute Gasteiger partial charge is 0.207 e. The fourth-order valence-corrected chi connectivity index (χ4v) is 4.48. The summed E-state index contributed by atoms with van der Waals surface area (Å²) in [6.45, 7) is 3.99. The van der Waals surface area contributed by atoms with Gasteiger partial charge in [0.25, 0.3) is 0 Å². The highest BCUT2D eigenvalue weighted by Gasteiger charge is 2.18. The van der Waals surface area contributed by atoms with E-state index in [0.29, 0.717) is 23.5 Å². The average molecular weight is 489 g/mol. The molecule has 0 fully saturated rings. The average Bonchev–Trinajstić information content (AvgIpc) is 2.86. The first-order valence-electron chi connectivity index (χ1n) is 12.1. The van der Waals surface area contributed by atoms with Crippen molar-refractivity contribution < 1.29 is 17.6 Å². The van der Waals surface area contributed by atoms with Gasteiger partial charge in [0.15, 0.2) is 0 Å². The van der Waals surface area contributed by atoms with Crippen LogP contribution in [-0.4, -0.2) is 0 Å². The van der Waals surface area contributed by atoms with Gasteiger partial charge in [0.1, 0.15) is 23.3 Å². The molecule has 0 aromatic heterocycles. The number of hydrogen-bond acceptors (Lipinski definition) is 0. The molecular formula is C32H28F4. The first-order chi connectivity index (χ1) is 17.4. The van der Waals surface area contributed by atoms with Crippen molar-refractivity contribution in [2.75, 3.05) is 0 Å². The highest BCUT2D eigenvalue weighted by atomic mass is 19.1. The molecule has 4 heteroatoms. The summed E-state index contributed by atoms with van der Waals surface area (Å²) in [6, 6.07) is 22.2. The molecule has 0 aliphatic carbocycles. The van der Waals surface area contributed by atoms with Crippen LogP contribution in [0.5, 0.6) is 0 Å². The second-order valence-electron chi connectivity index (χ2n) is 9.05. The summed E-state index contributed by atoms with van der Waals surface area (Å²) in [5.74, 6) is -3.02. The lowest BCUT2D eigenvalue weighted by Crippen LogP contribution is -1.99. The Kier molecular flexibility index (Phi) is 8.04. The molecule has 0 N–H and O–H groups in total. The number of halogens is 4. The Balaban J connectivity index is 1.56. The first kappa shape index (κ1) is 25.4. The molecule has 4 rings (SSSR count). The number of allylic oxidation sites excluding steroid dienone is 2. The monoisotopic (exact) mass is 488 g/mol. The second kappa shape index (κ2) is 11.4. The molecule has 0 unspecified atom stereocenters. The van der Waals surface area contributed by atoms with Gasteiger partial charge in [-0.15, -0.1) is 0 Å². The van der Waals surface area contributed by atoms with E-state index in [9.17, 15) is 8.78 Å². The van der Waals surface area contributed by atoms with Crippen molar-refractivity contribution in [1.29, 1.82) is 0 Å². The topological polar surface area (TPSA) is 0 Å². The SMILES string of the molecule is CC=CCCc1c(F)cc(-c2c(F)cc(-c3ccc(C[C@@H](C)c4ccccc4)cc3)cc2F)cc1F. The number of rotatable bonds is 8. The Morgan fingerprint density at radius 1 is 0.694 bits per heavy atom. The van der Waals surface area contributed by atoms with E-state index in [1.54, 1.807) is 12.2 Å². The van der Waals surface area contributed by atoms with E-state index in [0.717, 1.165) is 24.1 Å². The molecule has 0 amide bonds. The molecule has 0 spiro atoms. The van der Waals surface area contributed by atoms with Crippen LogP contribution >= 0.6 is 0 Å². The Morgan fingerprint density at radius 3 is 1.86 bits per heavy atom. The van der Waals surface area contributed by atoms with E-state index in [2.05, 4.69) is 19.1 Å². The summed E-state index contributed by atoms with van der Waals surface area (Å²) in [5, 5.41) is 0. The molecule has 0 aliphatic heterocycles. The first-order valence-corrected chi connectivity index (χ1v) is 12.1. The van der Waals surface area contributed by atoms with Crippen LogP contribution in [-0.2, 0) is 12.8 Å². The lowest BCUT2D eigenvalue weighted by Gasteiger charge is -2.13. The van der Waals surface area contributed by atoms with Crippen molar-refractivity contribution >= 4 is 0 Å². The molecule has 0 nitrogen and oxygen atoms in total. The lowest BCUT2D eigenvalue weighted by molar-refractivity contribution is 0.554. The maximum atomic E-state index is 15.0. The Bertz CT molecular complexity index is 1310. The van der Waals surface area contributed by atoms with Crippen LogP contribution < -0.4 is 0 Å². The Morgan fingerprint density at radius 2 is 1.28 bits per heavy atom. The van der Waals surface area contributed by atoms with Crippen LogP contribution in [0.3, 0.4) is 0 Å². The summed E-state index contributed by atoms with van der Waals surface area (Å²) < 4.78 is 59.2. The van der Waals surface area contributed by atoms with E-state index < -0.39 is 28.8 Å². The number of benzene rings is 4. The van der Waals surface area contributed by atoms with E-state index in [4.69, 9.17) is 0 Å². The molecule has 184 valence electrons. The minimum atomic E-state index is -0.868. The summed E-state index contributed by atoms with van der Waals surface area (Å²) in [5.41, 5.74) is 2.70. The number of hydrogen-bond donors (Lipinski definition) is 0. The van der Waals surface area contributed by atoms with Crippen molar-refractivity contribution in [3.8, 4) is 22.3 Å². The smallest absolute Gasteiger partial charge is 0.134 e. The normalized spacial score (nSPS) is 12.3. The van der Waals surface area contributed by atoms with Gasteiger partial charge in [-0.05, 0) is 84.2 Å². The van der Waals surface area contributed by atoms with E-state index in [1.165, 1.54) is 17.7 Å². The third-order valence-corrected chi connectivity index (χ3v) is 6.47. The molecule has 0 aliphatic rings. The summed E-state index contributed by atoms with van der Waals surface area (Å²) in [4.78, 5) is 0. The van der Waals surface area contributed by atoms with Gasteiger partial charge in [0.2, 0.25) is 0 Å². The standard InChI is InChI=1S/C32H28F4/c1-3-4-6-11-27-28(33)19-26(20-29(27)34)32-30(35)17-25(18-31(32)36)24-14-12-22(13-15-24)16-21(2)23-9-7-5-8-10-23/h3-5,7-10,12-15,17-21H,6,11,16H2,1-2H3/t21-/m1/s1. The minimum absolute atomic E-state index is 0.0871. The van der Waals surface area contributed by atoms with E-state index in [1.807, 2.05) is 49.4 Å². The molecule has 0 saturated heterocycles. The second-order valence-corrected chi connectivity index (χ2v) is 9.05. The zero-order chi connectivity index (χ0) is 25.7. The van der Waals surface area contributed by atoms with Crippen LogP contribution in [0, 0.1) is 23.3 Å². The fraction of sp³-hybridized carbons (Fsp3) is 0.188. The third-order valence-electron chi connectivity index (χ3n) is 6.47. The van der Waals surface area contributed by atoms with Gasteiger partial charge in [0, 0.05) is 5.56 Å². The van der Waals surface area contributed by atoms with Crippen LogP contribution in [0.25, 0.3) is 22.3 Å². The van der Waals surface area contributed by atoms with Crippen LogP contribution in [0.15, 0.2) is 91.0 Å². The maximum Gasteiger partial charge on any atom is 0.134 e. The Hall–Kier alpha value is -3.66. The van der Waals surface area contributed by atoms with Gasteiger partial charge in [-0.3, -0.25) is 0 Å². The molecular weight excluding hydrogens is 460 g/mol. The van der Waals surface area contributed by atoms with Crippen molar-refractivity contribution in [2.45, 2.75) is 39.0 Å². The van der Waals surface area contributed by atoms with Crippen molar-refractivity contribution in [2.24, 2.45) is 0 Å². The van der Waals surface area contributed by atoms with Gasteiger partial charge >= 0.3 is 0 Å². The van der Waals surface area contributed by atoms with E-state index in [-0.39, 0.29) is 17.5 Å². The zero-order valence-corrected chi connectivity index (χ0v) is 20.4. The maximum absolute atomic E-state index is 15.0. The fourth-order valence-electron chi connectivity index (χ4n) is 4.48. The summed E-state index contributed by atoms with van der Waals surface area (Å²) >= 11 is 0. The molecule has 4 aromatic rings. The predicted octanol–water partition coefficient (Wildman–Crippen LogP) is 9.43. The lowest BCUT2D eigenvalue weighted by atomic mass is 9.92.